The maximum Gasteiger partial charge on any atom is 0.174 e. The maximum absolute atomic E-state index is 15.3. The Labute approximate surface area is 150 Å². The van der Waals surface area contributed by atoms with Crippen LogP contribution in [-0.4, -0.2) is 19.7 Å². The van der Waals surface area contributed by atoms with Gasteiger partial charge in [-0.2, -0.15) is 5.10 Å². The first kappa shape index (κ1) is 16.5. The monoisotopic (exact) mass is 353 g/mol. The number of nitrogens with two attached hydrogens (primary N) is 1. The Bertz CT molecular complexity index is 918. The quantitative estimate of drug-likeness (QED) is 0.760. The zero-order chi connectivity index (χ0) is 18.1. The van der Waals surface area contributed by atoms with E-state index in [0.717, 1.165) is 30.5 Å². The Morgan fingerprint density at radius 2 is 2.08 bits per heavy atom. The van der Waals surface area contributed by atoms with Gasteiger partial charge in [-0.1, -0.05) is 12.5 Å². The van der Waals surface area contributed by atoms with Crippen LogP contribution in [0.5, 0.6) is 5.75 Å². The molecule has 1 fully saturated rings. The number of aryl methyl sites for hydroxylation is 1. The molecule has 0 spiro atoms. The van der Waals surface area contributed by atoms with Crippen LogP contribution in [-0.2, 0) is 13.7 Å². The number of hydrogen-bond acceptors (Lipinski definition) is 5. The van der Waals surface area contributed by atoms with E-state index in [1.54, 1.807) is 10.7 Å². The first-order chi connectivity index (χ1) is 12.6. The second kappa shape index (κ2) is 6.74. The van der Waals surface area contributed by atoms with Gasteiger partial charge in [0.1, 0.15) is 12.4 Å². The van der Waals surface area contributed by atoms with Gasteiger partial charge in [0.25, 0.3) is 0 Å². The number of benzene rings is 1. The van der Waals surface area contributed by atoms with Gasteiger partial charge in [0.15, 0.2) is 11.6 Å². The molecule has 4 rings (SSSR count). The van der Waals surface area contributed by atoms with Gasteiger partial charge in [-0.15, -0.1) is 0 Å². The first-order valence-electron chi connectivity index (χ1n) is 8.63. The summed E-state index contributed by atoms with van der Waals surface area (Å²) in [5, 5.41) is 4.29. The van der Waals surface area contributed by atoms with Crippen molar-refractivity contribution in [3.8, 4) is 17.0 Å². The smallest absolute Gasteiger partial charge is 0.174 e. The van der Waals surface area contributed by atoms with Crippen molar-refractivity contribution >= 4 is 5.82 Å². The van der Waals surface area contributed by atoms with Crippen LogP contribution in [0.3, 0.4) is 0 Å². The van der Waals surface area contributed by atoms with E-state index >= 15 is 4.39 Å². The lowest BCUT2D eigenvalue weighted by Crippen LogP contribution is -2.12. The number of hydrogen-bond donors (Lipinski definition) is 1. The third-order valence-corrected chi connectivity index (χ3v) is 4.75. The van der Waals surface area contributed by atoms with E-state index in [-0.39, 0.29) is 12.4 Å². The van der Waals surface area contributed by atoms with Gasteiger partial charge in [0.2, 0.25) is 0 Å². The van der Waals surface area contributed by atoms with E-state index in [2.05, 4.69) is 15.1 Å². The SMILES string of the molecule is Cn1ccc(COc2c(C3CCC3)ccc(-c3cnc(N)cn3)c2F)n1. The highest BCUT2D eigenvalue weighted by atomic mass is 19.1. The van der Waals surface area contributed by atoms with Crippen LogP contribution >= 0.6 is 0 Å². The molecule has 0 aliphatic heterocycles. The fourth-order valence-corrected chi connectivity index (χ4v) is 3.12. The number of anilines is 1. The summed E-state index contributed by atoms with van der Waals surface area (Å²) in [6, 6.07) is 5.54. The molecule has 134 valence electrons. The molecule has 1 saturated carbocycles. The summed E-state index contributed by atoms with van der Waals surface area (Å²) in [7, 11) is 1.84. The van der Waals surface area contributed by atoms with Crippen LogP contribution in [0.2, 0.25) is 0 Å². The van der Waals surface area contributed by atoms with Crippen LogP contribution in [0, 0.1) is 5.82 Å². The molecule has 0 atom stereocenters. The zero-order valence-electron chi connectivity index (χ0n) is 14.5. The summed E-state index contributed by atoms with van der Waals surface area (Å²) in [5.41, 5.74) is 8.03. The topological polar surface area (TPSA) is 78.9 Å². The van der Waals surface area contributed by atoms with Crippen molar-refractivity contribution in [3.05, 3.63) is 53.9 Å². The lowest BCUT2D eigenvalue weighted by molar-refractivity contribution is 0.274. The molecule has 26 heavy (non-hydrogen) atoms. The van der Waals surface area contributed by atoms with Gasteiger partial charge in [-0.05, 0) is 30.9 Å². The lowest BCUT2D eigenvalue weighted by atomic mass is 9.79. The zero-order valence-corrected chi connectivity index (χ0v) is 14.5. The number of nitrogens with zero attached hydrogens (tertiary/aromatic N) is 4. The fraction of sp³-hybridized carbons (Fsp3) is 0.316. The van der Waals surface area contributed by atoms with Crippen LogP contribution in [0.15, 0.2) is 36.8 Å². The number of halogens is 1. The average Bonchev–Trinajstić information content (AvgIpc) is 2.99. The number of aromatic nitrogens is 4. The highest BCUT2D eigenvalue weighted by Crippen LogP contribution is 2.43. The second-order valence-corrected chi connectivity index (χ2v) is 6.57. The van der Waals surface area contributed by atoms with E-state index in [0.29, 0.717) is 23.0 Å². The molecule has 7 heteroatoms. The summed E-state index contributed by atoms with van der Waals surface area (Å²) in [4.78, 5) is 8.18. The van der Waals surface area contributed by atoms with Gasteiger partial charge in [0.05, 0.1) is 23.8 Å². The summed E-state index contributed by atoms with van der Waals surface area (Å²) in [5.74, 6) is 0.516. The van der Waals surface area contributed by atoms with E-state index in [1.807, 2.05) is 25.4 Å². The fourth-order valence-electron chi connectivity index (χ4n) is 3.12. The van der Waals surface area contributed by atoms with Crippen LogP contribution < -0.4 is 10.5 Å². The Morgan fingerprint density at radius 3 is 2.69 bits per heavy atom. The van der Waals surface area contributed by atoms with Gasteiger partial charge in [-0.25, -0.2) is 9.37 Å². The summed E-state index contributed by atoms with van der Waals surface area (Å²) < 4.78 is 22.9. The molecule has 2 N–H and O–H groups in total. The Balaban J connectivity index is 1.70. The summed E-state index contributed by atoms with van der Waals surface area (Å²) in [6.07, 6.45) is 8.00. The molecule has 0 amide bonds. The molecule has 2 heterocycles. The molecule has 1 aromatic carbocycles. The molecule has 3 aromatic rings. The molecule has 1 aliphatic carbocycles. The molecular weight excluding hydrogens is 333 g/mol. The Morgan fingerprint density at radius 1 is 1.23 bits per heavy atom. The largest absolute Gasteiger partial charge is 0.484 e. The van der Waals surface area contributed by atoms with Gasteiger partial charge in [0, 0.05) is 24.4 Å². The molecule has 0 bridgehead atoms. The van der Waals surface area contributed by atoms with Gasteiger partial charge < -0.3 is 10.5 Å². The van der Waals surface area contributed by atoms with Crippen molar-refractivity contribution < 1.29 is 9.13 Å². The molecule has 0 saturated heterocycles. The Hall–Kier alpha value is -2.96. The van der Waals surface area contributed by atoms with Gasteiger partial charge >= 0.3 is 0 Å². The predicted octanol–water partition coefficient (Wildman–Crippen LogP) is 3.44. The second-order valence-electron chi connectivity index (χ2n) is 6.57. The summed E-state index contributed by atoms with van der Waals surface area (Å²) >= 11 is 0. The van der Waals surface area contributed by atoms with Crippen molar-refractivity contribution in [2.24, 2.45) is 7.05 Å². The molecular formula is C19H20FN5O. The molecule has 6 nitrogen and oxygen atoms in total. The summed E-state index contributed by atoms with van der Waals surface area (Å²) in [6.45, 7) is 0.217. The van der Waals surface area contributed by atoms with Crippen molar-refractivity contribution in [1.82, 2.24) is 19.7 Å². The molecule has 1 aliphatic rings. The highest BCUT2D eigenvalue weighted by molar-refractivity contribution is 5.64. The molecule has 0 unspecified atom stereocenters. The number of rotatable bonds is 5. The minimum absolute atomic E-state index is 0.217. The Kier molecular flexibility index (Phi) is 4.28. The molecule has 0 radical (unpaired) electrons. The van der Waals surface area contributed by atoms with E-state index in [4.69, 9.17) is 10.5 Å². The van der Waals surface area contributed by atoms with Gasteiger partial charge in [-0.3, -0.25) is 9.67 Å². The van der Waals surface area contributed by atoms with Crippen LogP contribution in [0.4, 0.5) is 10.2 Å². The minimum atomic E-state index is -0.413. The first-order valence-corrected chi connectivity index (χ1v) is 8.63. The van der Waals surface area contributed by atoms with E-state index in [1.165, 1.54) is 12.4 Å². The predicted molar refractivity (Wildman–Crippen MR) is 96.0 cm³/mol. The van der Waals surface area contributed by atoms with Crippen molar-refractivity contribution in [2.45, 2.75) is 31.8 Å². The molecule has 2 aromatic heterocycles. The number of ether oxygens (including phenoxy) is 1. The lowest BCUT2D eigenvalue weighted by Gasteiger charge is -2.28. The van der Waals surface area contributed by atoms with Crippen molar-refractivity contribution in [1.29, 1.82) is 0 Å². The average molecular weight is 353 g/mol. The normalized spacial score (nSPS) is 14.2. The van der Waals surface area contributed by atoms with Crippen molar-refractivity contribution in [3.63, 3.8) is 0 Å². The van der Waals surface area contributed by atoms with E-state index < -0.39 is 5.82 Å². The third-order valence-electron chi connectivity index (χ3n) is 4.75. The third kappa shape index (κ3) is 3.12. The van der Waals surface area contributed by atoms with Crippen LogP contribution in [0.1, 0.15) is 36.4 Å². The minimum Gasteiger partial charge on any atom is -0.484 e. The highest BCUT2D eigenvalue weighted by Gasteiger charge is 2.27. The van der Waals surface area contributed by atoms with E-state index in [9.17, 15) is 0 Å². The standard InChI is InChI=1S/C19H20FN5O/c1-25-8-7-13(24-25)11-26-19-14(12-3-2-4-12)5-6-15(18(19)20)16-9-23-17(21)10-22-16/h5-10,12H,2-4,11H2,1H3,(H2,21,23). The van der Waals surface area contributed by atoms with Crippen molar-refractivity contribution in [2.75, 3.05) is 5.73 Å². The van der Waals surface area contributed by atoms with Crippen LogP contribution in [0.25, 0.3) is 11.3 Å². The number of nitrogen functional groups attached to an aromatic ring is 1. The maximum atomic E-state index is 15.3.